The number of rotatable bonds is 6. The average molecular weight is 570 g/mol. The molecule has 39 heavy (non-hydrogen) atoms. The number of carboxylic acid groups (broad SMARTS) is 2. The van der Waals surface area contributed by atoms with Crippen molar-refractivity contribution in [2.75, 3.05) is 13.2 Å². The molecule has 0 unspecified atom stereocenters. The molecule has 4 rings (SSSR count). The van der Waals surface area contributed by atoms with E-state index in [0.29, 0.717) is 25.4 Å². The zero-order valence-electron chi connectivity index (χ0n) is 20.7. The zero-order chi connectivity index (χ0) is 29.2. The summed E-state index contributed by atoms with van der Waals surface area (Å²) in [5.41, 5.74) is 2.39. The summed E-state index contributed by atoms with van der Waals surface area (Å²) in [6.45, 7) is 3.35. The number of carboxylic acids is 2. The van der Waals surface area contributed by atoms with Gasteiger partial charge in [0.1, 0.15) is 0 Å². The Kier molecular flexibility index (Phi) is 11.7. The van der Waals surface area contributed by atoms with Crippen LogP contribution in [0, 0.1) is 0 Å². The van der Waals surface area contributed by atoms with Gasteiger partial charge in [-0.1, -0.05) is 6.07 Å². The highest BCUT2D eigenvalue weighted by Gasteiger charge is 2.40. The highest BCUT2D eigenvalue weighted by molar-refractivity contribution is 5.73. The summed E-state index contributed by atoms with van der Waals surface area (Å²) < 4.78 is 77.5. The number of hydrogen-bond acceptors (Lipinski definition) is 7. The van der Waals surface area contributed by atoms with Gasteiger partial charge in [-0.15, -0.1) is 0 Å². The summed E-state index contributed by atoms with van der Waals surface area (Å²) in [6, 6.07) is 4.52. The van der Waals surface area contributed by atoms with E-state index in [-0.39, 0.29) is 6.10 Å². The number of nitrogens with zero attached hydrogens (tertiary/aromatic N) is 4. The van der Waals surface area contributed by atoms with Gasteiger partial charge >= 0.3 is 24.3 Å². The van der Waals surface area contributed by atoms with Gasteiger partial charge in [-0.2, -0.15) is 31.4 Å². The standard InChI is InChI=1S/C19H26N4O2.2C2HF3O2/c1-22-11-16(10-21-22)12-23-8-6-19-18(23)5-4-17(25-19)14-24-13-15-3-2-7-20-9-15;2*3-2(4,5)1(6)7/h2-3,7,9-11,17-19H,4-6,8,12-14H2,1H3;2*(H,6,7)/t17-,18+,19+;;/m1../s1. The lowest BCUT2D eigenvalue weighted by Gasteiger charge is -2.35. The van der Waals surface area contributed by atoms with Crippen LogP contribution in [-0.2, 0) is 39.3 Å². The molecule has 0 amide bonds. The lowest BCUT2D eigenvalue weighted by atomic mass is 9.99. The third-order valence-corrected chi connectivity index (χ3v) is 5.67. The van der Waals surface area contributed by atoms with Gasteiger partial charge in [0, 0.05) is 50.3 Å². The van der Waals surface area contributed by atoms with Crippen LogP contribution >= 0.6 is 0 Å². The number of aryl methyl sites for hydroxylation is 1. The second-order valence-corrected chi connectivity index (χ2v) is 8.70. The van der Waals surface area contributed by atoms with Gasteiger partial charge in [-0.05, 0) is 30.9 Å². The summed E-state index contributed by atoms with van der Waals surface area (Å²) in [5, 5.41) is 18.5. The van der Waals surface area contributed by atoms with Crippen molar-refractivity contribution in [1.82, 2.24) is 19.7 Å². The van der Waals surface area contributed by atoms with Crippen molar-refractivity contribution >= 4 is 11.9 Å². The van der Waals surface area contributed by atoms with Crippen molar-refractivity contribution in [3.63, 3.8) is 0 Å². The Hall–Kier alpha value is -3.24. The molecule has 2 aliphatic heterocycles. The average Bonchev–Trinajstić information content (AvgIpc) is 3.45. The minimum Gasteiger partial charge on any atom is -0.475 e. The molecule has 0 spiro atoms. The van der Waals surface area contributed by atoms with Crippen LogP contribution in [0.2, 0.25) is 0 Å². The summed E-state index contributed by atoms with van der Waals surface area (Å²) in [6.07, 6.45) is 1.47. The molecule has 2 aromatic rings. The lowest BCUT2D eigenvalue weighted by Crippen LogP contribution is -2.43. The number of ether oxygens (including phenoxy) is 2. The molecule has 0 bridgehead atoms. The molecule has 4 heterocycles. The number of fused-ring (bicyclic) bond motifs is 1. The van der Waals surface area contributed by atoms with Crippen LogP contribution in [0.25, 0.3) is 0 Å². The predicted octanol–water partition coefficient (Wildman–Crippen LogP) is 3.42. The molecule has 16 heteroatoms. The number of hydrogen-bond donors (Lipinski definition) is 2. The van der Waals surface area contributed by atoms with E-state index in [1.807, 2.05) is 36.3 Å². The number of alkyl halides is 6. The highest BCUT2D eigenvalue weighted by atomic mass is 19.4. The Morgan fingerprint density at radius 3 is 2.21 bits per heavy atom. The fourth-order valence-electron chi connectivity index (χ4n) is 3.98. The van der Waals surface area contributed by atoms with Gasteiger partial charge in [0.2, 0.25) is 0 Å². The maximum atomic E-state index is 10.6. The molecule has 0 aromatic carbocycles. The van der Waals surface area contributed by atoms with Crippen LogP contribution < -0.4 is 0 Å². The van der Waals surface area contributed by atoms with Gasteiger partial charge in [-0.3, -0.25) is 14.6 Å². The maximum Gasteiger partial charge on any atom is 0.490 e. The molecule has 2 N–H and O–H groups in total. The van der Waals surface area contributed by atoms with Gasteiger partial charge in [0.15, 0.2) is 0 Å². The smallest absolute Gasteiger partial charge is 0.475 e. The van der Waals surface area contributed by atoms with E-state index < -0.39 is 24.3 Å². The van der Waals surface area contributed by atoms with Crippen LogP contribution in [0.3, 0.4) is 0 Å². The predicted molar refractivity (Wildman–Crippen MR) is 121 cm³/mol. The summed E-state index contributed by atoms with van der Waals surface area (Å²) in [5.74, 6) is -5.51. The first-order chi connectivity index (χ1) is 18.2. The second kappa shape index (κ2) is 14.2. The molecule has 3 atom stereocenters. The zero-order valence-corrected chi connectivity index (χ0v) is 20.7. The van der Waals surface area contributed by atoms with Crippen molar-refractivity contribution in [1.29, 1.82) is 0 Å². The van der Waals surface area contributed by atoms with Gasteiger partial charge < -0.3 is 19.7 Å². The first-order valence-corrected chi connectivity index (χ1v) is 11.6. The molecule has 0 aliphatic carbocycles. The fourth-order valence-corrected chi connectivity index (χ4v) is 3.98. The van der Waals surface area contributed by atoms with Crippen molar-refractivity contribution < 1.29 is 55.6 Å². The largest absolute Gasteiger partial charge is 0.490 e. The first-order valence-electron chi connectivity index (χ1n) is 11.6. The molecule has 2 aliphatic rings. The van der Waals surface area contributed by atoms with Crippen molar-refractivity contribution in [2.45, 2.75) is 63.0 Å². The Balaban J connectivity index is 0.000000317. The third kappa shape index (κ3) is 11.2. The minimum absolute atomic E-state index is 0.219. The SMILES string of the molecule is Cn1cc(CN2CC[C@@H]3O[C@@H](COCc4cccnc4)CC[C@@H]32)cn1.O=C(O)C(F)(F)F.O=C(O)C(F)(F)F. The first kappa shape index (κ1) is 32.0. The topological polar surface area (TPSA) is 127 Å². The number of halogens is 6. The molecular weight excluding hydrogens is 542 g/mol. The Morgan fingerprint density at radius 2 is 1.69 bits per heavy atom. The van der Waals surface area contributed by atoms with E-state index >= 15 is 0 Å². The second-order valence-electron chi connectivity index (χ2n) is 8.70. The number of carbonyl (C=O) groups is 2. The summed E-state index contributed by atoms with van der Waals surface area (Å²) in [7, 11) is 1.97. The number of likely N-dealkylation sites (tertiary alicyclic amines) is 1. The van der Waals surface area contributed by atoms with Crippen LogP contribution in [0.5, 0.6) is 0 Å². The Bertz CT molecular complexity index is 1030. The molecular formula is C23H28F6N4O6. The Labute approximate surface area is 219 Å². The maximum absolute atomic E-state index is 10.6. The van der Waals surface area contributed by atoms with Gasteiger partial charge in [-0.25, -0.2) is 9.59 Å². The highest BCUT2D eigenvalue weighted by Crippen LogP contribution is 2.32. The molecule has 218 valence electrons. The Morgan fingerprint density at radius 1 is 1.05 bits per heavy atom. The number of pyridine rings is 1. The van der Waals surface area contributed by atoms with E-state index in [2.05, 4.69) is 21.2 Å². The lowest BCUT2D eigenvalue weighted by molar-refractivity contribution is -0.193. The number of aromatic nitrogens is 3. The van der Waals surface area contributed by atoms with Crippen LogP contribution in [0.1, 0.15) is 30.4 Å². The number of aliphatic carboxylic acids is 2. The van der Waals surface area contributed by atoms with Gasteiger partial charge in [0.25, 0.3) is 0 Å². The summed E-state index contributed by atoms with van der Waals surface area (Å²) >= 11 is 0. The van der Waals surface area contributed by atoms with E-state index in [9.17, 15) is 26.3 Å². The molecule has 2 fully saturated rings. The van der Waals surface area contributed by atoms with Crippen LogP contribution in [0.15, 0.2) is 36.9 Å². The minimum atomic E-state index is -5.08. The normalized spacial score (nSPS) is 21.2. The van der Waals surface area contributed by atoms with E-state index in [0.717, 1.165) is 31.5 Å². The molecule has 10 nitrogen and oxygen atoms in total. The molecule has 2 saturated heterocycles. The third-order valence-electron chi connectivity index (χ3n) is 5.67. The van der Waals surface area contributed by atoms with E-state index in [1.165, 1.54) is 12.0 Å². The quantitative estimate of drug-likeness (QED) is 0.503. The van der Waals surface area contributed by atoms with Crippen LogP contribution in [-0.4, -0.2) is 85.6 Å². The van der Waals surface area contributed by atoms with Gasteiger partial charge in [0.05, 0.1) is 31.6 Å². The van der Waals surface area contributed by atoms with Crippen molar-refractivity contribution in [3.05, 3.63) is 48.0 Å². The molecule has 0 radical (unpaired) electrons. The monoisotopic (exact) mass is 570 g/mol. The molecule has 0 saturated carbocycles. The fraction of sp³-hybridized carbons (Fsp3) is 0.565. The van der Waals surface area contributed by atoms with E-state index in [4.69, 9.17) is 29.3 Å². The molecule has 2 aromatic heterocycles. The summed E-state index contributed by atoms with van der Waals surface area (Å²) in [4.78, 5) is 24.5. The van der Waals surface area contributed by atoms with Crippen molar-refractivity contribution in [2.24, 2.45) is 7.05 Å². The van der Waals surface area contributed by atoms with E-state index in [1.54, 1.807) is 6.20 Å². The van der Waals surface area contributed by atoms with Crippen molar-refractivity contribution in [3.8, 4) is 0 Å². The van der Waals surface area contributed by atoms with Crippen LogP contribution in [0.4, 0.5) is 26.3 Å².